The molecule has 0 saturated carbocycles. The number of amides is 2. The van der Waals surface area contributed by atoms with Gasteiger partial charge < -0.3 is 10.6 Å². The van der Waals surface area contributed by atoms with E-state index in [1.165, 1.54) is 0 Å². The van der Waals surface area contributed by atoms with Crippen molar-refractivity contribution in [3.05, 3.63) is 46.7 Å². The van der Waals surface area contributed by atoms with Crippen LogP contribution >= 0.6 is 11.3 Å². The van der Waals surface area contributed by atoms with Crippen LogP contribution in [0.3, 0.4) is 0 Å². The lowest BCUT2D eigenvalue weighted by Crippen LogP contribution is -2.17. The van der Waals surface area contributed by atoms with Gasteiger partial charge in [0, 0.05) is 11.3 Å². The van der Waals surface area contributed by atoms with Gasteiger partial charge in [0.2, 0.25) is 11.8 Å². The number of unbranched alkanes of at least 4 members (excludes halogenated alkanes) is 1. The molecule has 1 aromatic carbocycles. The number of rotatable bonds is 7. The summed E-state index contributed by atoms with van der Waals surface area (Å²) in [4.78, 5) is 24.9. The van der Waals surface area contributed by atoms with Crippen molar-refractivity contribution in [2.75, 3.05) is 10.6 Å². The first-order chi connectivity index (χ1) is 10.7. The van der Waals surface area contributed by atoms with Crippen molar-refractivity contribution >= 4 is 34.5 Å². The Bertz CT molecular complexity index is 623. The van der Waals surface area contributed by atoms with Gasteiger partial charge in [-0.25, -0.2) is 0 Å². The second-order valence-electron chi connectivity index (χ2n) is 5.00. The SMILES string of the molecule is CCCCC(=O)Nc1ccccc1NC(=O)Cc1cccs1. The molecule has 5 heteroatoms. The lowest BCUT2D eigenvalue weighted by molar-refractivity contribution is -0.117. The van der Waals surface area contributed by atoms with Gasteiger partial charge in [0.15, 0.2) is 0 Å². The fourth-order valence-corrected chi connectivity index (χ4v) is 2.72. The largest absolute Gasteiger partial charge is 0.324 e. The predicted molar refractivity (Wildman–Crippen MR) is 91.2 cm³/mol. The minimum Gasteiger partial charge on any atom is -0.324 e. The molecule has 0 aliphatic carbocycles. The van der Waals surface area contributed by atoms with E-state index in [2.05, 4.69) is 10.6 Å². The van der Waals surface area contributed by atoms with Crippen LogP contribution in [0.4, 0.5) is 11.4 Å². The number of benzene rings is 1. The number of carbonyl (C=O) groups is 2. The van der Waals surface area contributed by atoms with Crippen LogP contribution in [-0.2, 0) is 16.0 Å². The van der Waals surface area contributed by atoms with Gasteiger partial charge >= 0.3 is 0 Å². The Labute approximate surface area is 134 Å². The lowest BCUT2D eigenvalue weighted by Gasteiger charge is -2.12. The number of hydrogen-bond donors (Lipinski definition) is 2. The molecular formula is C17H20N2O2S. The van der Waals surface area contributed by atoms with Gasteiger partial charge in [0.1, 0.15) is 0 Å². The second kappa shape index (κ2) is 8.34. The summed E-state index contributed by atoms with van der Waals surface area (Å²) in [5.41, 5.74) is 1.28. The number of para-hydroxylation sites is 2. The smallest absolute Gasteiger partial charge is 0.229 e. The van der Waals surface area contributed by atoms with Gasteiger partial charge in [-0.05, 0) is 30.0 Å². The normalized spacial score (nSPS) is 10.2. The fraction of sp³-hybridized carbons (Fsp3) is 0.294. The minimum absolute atomic E-state index is 0.0261. The van der Waals surface area contributed by atoms with Crippen molar-refractivity contribution in [1.29, 1.82) is 0 Å². The molecule has 0 aliphatic heterocycles. The van der Waals surface area contributed by atoms with Gasteiger partial charge in [-0.2, -0.15) is 0 Å². The number of hydrogen-bond acceptors (Lipinski definition) is 3. The lowest BCUT2D eigenvalue weighted by atomic mass is 10.2. The number of anilines is 2. The van der Waals surface area contributed by atoms with Gasteiger partial charge in [0.25, 0.3) is 0 Å². The Balaban J connectivity index is 1.98. The summed E-state index contributed by atoms with van der Waals surface area (Å²) < 4.78 is 0. The molecule has 0 bridgehead atoms. The van der Waals surface area contributed by atoms with Crippen LogP contribution in [0.1, 0.15) is 31.1 Å². The van der Waals surface area contributed by atoms with Gasteiger partial charge in [-0.15, -0.1) is 11.3 Å². The summed E-state index contributed by atoms with van der Waals surface area (Å²) in [6, 6.07) is 11.1. The van der Waals surface area contributed by atoms with Crippen molar-refractivity contribution in [2.45, 2.75) is 32.6 Å². The van der Waals surface area contributed by atoms with E-state index in [1.807, 2.05) is 36.6 Å². The summed E-state index contributed by atoms with van der Waals surface area (Å²) >= 11 is 1.56. The minimum atomic E-state index is -0.0855. The van der Waals surface area contributed by atoms with Crippen molar-refractivity contribution in [3.63, 3.8) is 0 Å². The van der Waals surface area contributed by atoms with E-state index in [9.17, 15) is 9.59 Å². The van der Waals surface area contributed by atoms with Crippen molar-refractivity contribution in [1.82, 2.24) is 0 Å². The molecule has 2 rings (SSSR count). The molecule has 0 saturated heterocycles. The van der Waals surface area contributed by atoms with Crippen LogP contribution in [0.2, 0.25) is 0 Å². The summed E-state index contributed by atoms with van der Waals surface area (Å²) in [6.45, 7) is 2.05. The van der Waals surface area contributed by atoms with Gasteiger partial charge in [-0.3, -0.25) is 9.59 Å². The molecule has 0 atom stereocenters. The van der Waals surface area contributed by atoms with Crippen molar-refractivity contribution < 1.29 is 9.59 Å². The summed E-state index contributed by atoms with van der Waals surface area (Å²) in [5.74, 6) is -0.112. The van der Waals surface area contributed by atoms with E-state index >= 15 is 0 Å². The van der Waals surface area contributed by atoms with E-state index in [-0.39, 0.29) is 11.8 Å². The standard InChI is InChI=1S/C17H20N2O2S/c1-2-3-10-16(20)18-14-8-4-5-9-15(14)19-17(21)12-13-7-6-11-22-13/h4-9,11H,2-3,10,12H2,1H3,(H,18,20)(H,19,21). The highest BCUT2D eigenvalue weighted by atomic mass is 32.1. The summed E-state index contributed by atoms with van der Waals surface area (Å²) in [7, 11) is 0. The number of carbonyl (C=O) groups excluding carboxylic acids is 2. The highest BCUT2D eigenvalue weighted by molar-refractivity contribution is 7.10. The molecular weight excluding hydrogens is 296 g/mol. The zero-order valence-electron chi connectivity index (χ0n) is 12.6. The maximum Gasteiger partial charge on any atom is 0.229 e. The molecule has 0 radical (unpaired) electrons. The van der Waals surface area contributed by atoms with E-state index in [0.717, 1.165) is 17.7 Å². The predicted octanol–water partition coefficient (Wildman–Crippen LogP) is 4.06. The maximum atomic E-state index is 12.1. The average Bonchev–Trinajstić information content (AvgIpc) is 3.00. The molecule has 0 spiro atoms. The van der Waals surface area contributed by atoms with Crippen LogP contribution in [-0.4, -0.2) is 11.8 Å². The Kier molecular flexibility index (Phi) is 6.15. The molecule has 1 aromatic heterocycles. The summed E-state index contributed by atoms with van der Waals surface area (Å²) in [5, 5.41) is 7.67. The molecule has 4 nitrogen and oxygen atoms in total. The van der Waals surface area contributed by atoms with Gasteiger partial charge in [-0.1, -0.05) is 31.5 Å². The van der Waals surface area contributed by atoms with Crippen LogP contribution in [0, 0.1) is 0 Å². The second-order valence-corrected chi connectivity index (χ2v) is 6.03. The van der Waals surface area contributed by atoms with Crippen molar-refractivity contribution in [2.24, 2.45) is 0 Å². The highest BCUT2D eigenvalue weighted by Gasteiger charge is 2.10. The highest BCUT2D eigenvalue weighted by Crippen LogP contribution is 2.22. The molecule has 0 aliphatic rings. The molecule has 2 amide bonds. The van der Waals surface area contributed by atoms with Crippen LogP contribution in [0.15, 0.2) is 41.8 Å². The van der Waals surface area contributed by atoms with Crippen LogP contribution < -0.4 is 10.6 Å². The quantitative estimate of drug-likeness (QED) is 0.809. The first kappa shape index (κ1) is 16.2. The Hall–Kier alpha value is -2.14. The Morgan fingerprint density at radius 2 is 1.68 bits per heavy atom. The van der Waals surface area contributed by atoms with Gasteiger partial charge in [0.05, 0.1) is 17.8 Å². The number of thiophene rings is 1. The molecule has 0 unspecified atom stereocenters. The Morgan fingerprint density at radius 1 is 1.00 bits per heavy atom. The zero-order chi connectivity index (χ0) is 15.8. The summed E-state index contributed by atoms with van der Waals surface area (Å²) in [6.07, 6.45) is 2.68. The fourth-order valence-electron chi connectivity index (χ4n) is 2.02. The van der Waals surface area contributed by atoms with E-state index in [1.54, 1.807) is 23.5 Å². The third-order valence-corrected chi connectivity index (χ3v) is 4.02. The van der Waals surface area contributed by atoms with E-state index in [0.29, 0.717) is 24.2 Å². The number of nitrogens with one attached hydrogen (secondary N) is 2. The zero-order valence-corrected chi connectivity index (χ0v) is 13.4. The first-order valence-electron chi connectivity index (χ1n) is 7.40. The molecule has 1 heterocycles. The molecule has 0 fully saturated rings. The average molecular weight is 316 g/mol. The first-order valence-corrected chi connectivity index (χ1v) is 8.28. The van der Waals surface area contributed by atoms with Crippen LogP contribution in [0.25, 0.3) is 0 Å². The van der Waals surface area contributed by atoms with E-state index < -0.39 is 0 Å². The topological polar surface area (TPSA) is 58.2 Å². The molecule has 116 valence electrons. The molecule has 2 N–H and O–H groups in total. The Morgan fingerprint density at radius 3 is 2.27 bits per heavy atom. The molecule has 2 aromatic rings. The molecule has 22 heavy (non-hydrogen) atoms. The maximum absolute atomic E-state index is 12.1. The third-order valence-electron chi connectivity index (χ3n) is 3.15. The van der Waals surface area contributed by atoms with Crippen LogP contribution in [0.5, 0.6) is 0 Å². The van der Waals surface area contributed by atoms with E-state index in [4.69, 9.17) is 0 Å². The third kappa shape index (κ3) is 5.00. The van der Waals surface area contributed by atoms with Crippen molar-refractivity contribution in [3.8, 4) is 0 Å². The monoisotopic (exact) mass is 316 g/mol.